The Morgan fingerprint density at radius 3 is 2.35 bits per heavy atom. The Hall–Kier alpha value is -1.75. The van der Waals surface area contributed by atoms with Gasteiger partial charge in [0.25, 0.3) is 0 Å². The number of benzene rings is 1. The lowest BCUT2D eigenvalue weighted by Crippen LogP contribution is -2.43. The van der Waals surface area contributed by atoms with Gasteiger partial charge in [0.15, 0.2) is 0 Å². The zero-order valence-electron chi connectivity index (χ0n) is 13.9. The summed E-state index contributed by atoms with van der Waals surface area (Å²) in [5.74, 6) is 0. The quantitative estimate of drug-likeness (QED) is 0.885. The van der Waals surface area contributed by atoms with Crippen molar-refractivity contribution in [1.82, 2.24) is 20.1 Å². The van der Waals surface area contributed by atoms with Gasteiger partial charge in [0.2, 0.25) is 0 Å². The van der Waals surface area contributed by atoms with Gasteiger partial charge in [0, 0.05) is 52.0 Å². The van der Waals surface area contributed by atoms with Crippen molar-refractivity contribution in [3.05, 3.63) is 65.5 Å². The highest BCUT2D eigenvalue weighted by Crippen LogP contribution is 2.10. The summed E-state index contributed by atoms with van der Waals surface area (Å²) in [7, 11) is 2.20. The van der Waals surface area contributed by atoms with Crippen LogP contribution in [0, 0.1) is 0 Å². The molecular weight excluding hydrogens is 284 g/mol. The lowest BCUT2D eigenvalue weighted by atomic mass is 10.1. The van der Waals surface area contributed by atoms with Crippen LogP contribution in [0.3, 0.4) is 0 Å². The summed E-state index contributed by atoms with van der Waals surface area (Å²) in [6, 6.07) is 15.0. The van der Waals surface area contributed by atoms with Crippen LogP contribution in [0.25, 0.3) is 0 Å². The van der Waals surface area contributed by atoms with Gasteiger partial charge in [-0.05, 0) is 30.3 Å². The zero-order chi connectivity index (χ0) is 15.9. The molecule has 1 fully saturated rings. The van der Waals surface area contributed by atoms with E-state index in [9.17, 15) is 0 Å². The van der Waals surface area contributed by atoms with Gasteiger partial charge in [-0.25, -0.2) is 0 Å². The molecule has 1 aliphatic rings. The molecule has 4 heteroatoms. The molecule has 1 saturated heterocycles. The second-order valence-electron chi connectivity index (χ2n) is 6.32. The Labute approximate surface area is 139 Å². The predicted octanol–water partition coefficient (Wildman–Crippen LogP) is 2.12. The molecule has 1 N–H and O–H groups in total. The zero-order valence-corrected chi connectivity index (χ0v) is 13.9. The molecule has 0 amide bonds. The van der Waals surface area contributed by atoms with Crippen molar-refractivity contribution in [2.24, 2.45) is 0 Å². The Balaban J connectivity index is 1.43. The molecule has 2 aromatic rings. The summed E-state index contributed by atoms with van der Waals surface area (Å²) < 4.78 is 0. The first-order chi connectivity index (χ1) is 11.3. The molecule has 23 heavy (non-hydrogen) atoms. The van der Waals surface area contributed by atoms with Gasteiger partial charge in [-0.2, -0.15) is 0 Å². The number of nitrogens with zero attached hydrogens (tertiary/aromatic N) is 3. The van der Waals surface area contributed by atoms with Crippen molar-refractivity contribution >= 4 is 0 Å². The van der Waals surface area contributed by atoms with Crippen LogP contribution in [0.4, 0.5) is 0 Å². The van der Waals surface area contributed by atoms with Gasteiger partial charge in [0.1, 0.15) is 0 Å². The molecule has 0 spiro atoms. The predicted molar refractivity (Wildman–Crippen MR) is 94.0 cm³/mol. The standard InChI is InChI=1S/C19H26N4/c1-22-10-12-23(13-11-22)16-18-7-5-17(6-8-18)14-20-15-19-4-2-3-9-21-19/h2-9,20H,10-16H2,1H3. The average molecular weight is 310 g/mol. The Kier molecular flexibility index (Phi) is 5.75. The van der Waals surface area contributed by atoms with Gasteiger partial charge < -0.3 is 10.2 Å². The lowest BCUT2D eigenvalue weighted by Gasteiger charge is -2.32. The highest BCUT2D eigenvalue weighted by Gasteiger charge is 2.13. The number of aromatic nitrogens is 1. The van der Waals surface area contributed by atoms with E-state index in [-0.39, 0.29) is 0 Å². The van der Waals surface area contributed by atoms with E-state index in [0.29, 0.717) is 0 Å². The van der Waals surface area contributed by atoms with Crippen LogP contribution in [0.2, 0.25) is 0 Å². The highest BCUT2D eigenvalue weighted by molar-refractivity contribution is 5.22. The molecule has 0 saturated carbocycles. The van der Waals surface area contributed by atoms with Crippen LogP contribution >= 0.6 is 0 Å². The van der Waals surface area contributed by atoms with Crippen LogP contribution in [0.1, 0.15) is 16.8 Å². The van der Waals surface area contributed by atoms with Crippen LogP contribution in [0.5, 0.6) is 0 Å². The molecule has 1 aromatic carbocycles. The van der Waals surface area contributed by atoms with Crippen LogP contribution in [-0.4, -0.2) is 48.0 Å². The van der Waals surface area contributed by atoms with E-state index in [1.807, 2.05) is 24.4 Å². The molecule has 2 heterocycles. The van der Waals surface area contributed by atoms with Crippen molar-refractivity contribution in [2.45, 2.75) is 19.6 Å². The third-order valence-electron chi connectivity index (χ3n) is 4.39. The van der Waals surface area contributed by atoms with Crippen molar-refractivity contribution < 1.29 is 0 Å². The molecule has 1 aliphatic heterocycles. The van der Waals surface area contributed by atoms with Gasteiger partial charge in [-0.1, -0.05) is 30.3 Å². The second kappa shape index (κ2) is 8.20. The molecule has 0 aliphatic carbocycles. The molecular formula is C19H26N4. The molecule has 1 aromatic heterocycles. The summed E-state index contributed by atoms with van der Waals surface area (Å²) in [6.45, 7) is 7.45. The first-order valence-electron chi connectivity index (χ1n) is 8.39. The summed E-state index contributed by atoms with van der Waals surface area (Å²) in [5, 5.41) is 3.45. The average Bonchev–Trinajstić information content (AvgIpc) is 2.59. The third kappa shape index (κ3) is 5.13. The van der Waals surface area contributed by atoms with E-state index in [1.54, 1.807) is 0 Å². The normalized spacial score (nSPS) is 16.6. The lowest BCUT2D eigenvalue weighted by molar-refractivity contribution is 0.148. The number of rotatable bonds is 6. The van der Waals surface area contributed by atoms with E-state index in [1.165, 1.54) is 37.3 Å². The maximum absolute atomic E-state index is 4.32. The number of piperazine rings is 1. The fourth-order valence-electron chi connectivity index (χ4n) is 2.86. The summed E-state index contributed by atoms with van der Waals surface area (Å²) >= 11 is 0. The molecule has 0 atom stereocenters. The number of hydrogen-bond acceptors (Lipinski definition) is 4. The van der Waals surface area contributed by atoms with Crippen LogP contribution in [-0.2, 0) is 19.6 Å². The minimum Gasteiger partial charge on any atom is -0.307 e. The number of pyridine rings is 1. The molecule has 0 unspecified atom stereocenters. The van der Waals surface area contributed by atoms with Gasteiger partial charge >= 0.3 is 0 Å². The van der Waals surface area contributed by atoms with E-state index in [4.69, 9.17) is 0 Å². The second-order valence-corrected chi connectivity index (χ2v) is 6.32. The Bertz CT molecular complexity index is 574. The fourth-order valence-corrected chi connectivity index (χ4v) is 2.86. The van der Waals surface area contributed by atoms with Gasteiger partial charge in [-0.3, -0.25) is 9.88 Å². The van der Waals surface area contributed by atoms with Crippen molar-refractivity contribution in [3.8, 4) is 0 Å². The monoisotopic (exact) mass is 310 g/mol. The largest absolute Gasteiger partial charge is 0.307 e. The SMILES string of the molecule is CN1CCN(Cc2ccc(CNCc3ccccn3)cc2)CC1. The van der Waals surface area contributed by atoms with E-state index >= 15 is 0 Å². The summed E-state index contributed by atoms with van der Waals surface area (Å²) in [4.78, 5) is 9.25. The van der Waals surface area contributed by atoms with Gasteiger partial charge in [0.05, 0.1) is 5.69 Å². The van der Waals surface area contributed by atoms with E-state index in [2.05, 4.69) is 51.4 Å². The first kappa shape index (κ1) is 16.1. The minimum atomic E-state index is 0.809. The number of nitrogens with one attached hydrogen (secondary N) is 1. The maximum Gasteiger partial charge on any atom is 0.0541 e. The van der Waals surface area contributed by atoms with Crippen LogP contribution in [0.15, 0.2) is 48.7 Å². The topological polar surface area (TPSA) is 31.4 Å². The Morgan fingerprint density at radius 1 is 0.913 bits per heavy atom. The molecule has 3 rings (SSSR count). The number of likely N-dealkylation sites (N-methyl/N-ethyl adjacent to an activating group) is 1. The van der Waals surface area contributed by atoms with Crippen molar-refractivity contribution in [1.29, 1.82) is 0 Å². The molecule has 4 nitrogen and oxygen atoms in total. The highest BCUT2D eigenvalue weighted by atomic mass is 15.2. The van der Waals surface area contributed by atoms with Gasteiger partial charge in [-0.15, -0.1) is 0 Å². The molecule has 122 valence electrons. The first-order valence-corrected chi connectivity index (χ1v) is 8.39. The molecule has 0 bridgehead atoms. The third-order valence-corrected chi connectivity index (χ3v) is 4.39. The van der Waals surface area contributed by atoms with E-state index < -0.39 is 0 Å². The maximum atomic E-state index is 4.32. The van der Waals surface area contributed by atoms with Crippen molar-refractivity contribution in [2.75, 3.05) is 33.2 Å². The van der Waals surface area contributed by atoms with Crippen LogP contribution < -0.4 is 5.32 Å². The minimum absolute atomic E-state index is 0.809. The fraction of sp³-hybridized carbons (Fsp3) is 0.421. The summed E-state index contributed by atoms with van der Waals surface area (Å²) in [6.07, 6.45) is 1.84. The molecule has 0 radical (unpaired) electrons. The Morgan fingerprint density at radius 2 is 1.65 bits per heavy atom. The smallest absolute Gasteiger partial charge is 0.0541 e. The van der Waals surface area contributed by atoms with Crippen molar-refractivity contribution in [3.63, 3.8) is 0 Å². The van der Waals surface area contributed by atoms with E-state index in [0.717, 1.165) is 25.3 Å². The number of hydrogen-bond donors (Lipinski definition) is 1. The summed E-state index contributed by atoms with van der Waals surface area (Å²) in [5.41, 5.74) is 3.81.